The molecule has 1 atom stereocenters. The van der Waals surface area contributed by atoms with Gasteiger partial charge in [-0.1, -0.05) is 0 Å². The summed E-state index contributed by atoms with van der Waals surface area (Å²) in [6, 6.07) is 0. The van der Waals surface area contributed by atoms with E-state index in [0.29, 0.717) is 31.9 Å². The van der Waals surface area contributed by atoms with Gasteiger partial charge in [0.1, 0.15) is 6.26 Å². The number of esters is 1. The number of methoxy groups -OCH3 is 1. The quantitative estimate of drug-likeness (QED) is 0.404. The summed E-state index contributed by atoms with van der Waals surface area (Å²) >= 11 is 0. The maximum absolute atomic E-state index is 11.4. The summed E-state index contributed by atoms with van der Waals surface area (Å²) in [5, 5.41) is 38.2. The van der Waals surface area contributed by atoms with E-state index in [4.69, 9.17) is 4.74 Å². The van der Waals surface area contributed by atoms with Crippen molar-refractivity contribution in [1.82, 2.24) is 0 Å². The van der Waals surface area contributed by atoms with Crippen molar-refractivity contribution in [2.75, 3.05) is 7.11 Å². The fraction of sp³-hybridized carbons (Fsp3) is 0.750. The van der Waals surface area contributed by atoms with E-state index in [-0.39, 0.29) is 11.9 Å². The van der Waals surface area contributed by atoms with Crippen molar-refractivity contribution in [1.29, 1.82) is 0 Å². The molecule has 114 valence electrons. The first-order chi connectivity index (χ1) is 9.30. The van der Waals surface area contributed by atoms with Crippen LogP contribution in [0.4, 0.5) is 0 Å². The maximum Gasteiger partial charge on any atom is 0.390 e. The predicted molar refractivity (Wildman–Crippen MR) is 62.8 cm³/mol. The standard InChI is InChI=1S/C12H18O8/c1-18-10(14)7-2-4-8(5-3-7)20-12(17)11(15,16)9(13)6-19-12/h6-8,13,15-17H,2-5H2,1H3. The lowest BCUT2D eigenvalue weighted by Crippen LogP contribution is -2.56. The van der Waals surface area contributed by atoms with Gasteiger partial charge >= 0.3 is 17.7 Å². The monoisotopic (exact) mass is 290 g/mol. The summed E-state index contributed by atoms with van der Waals surface area (Å²) in [6.07, 6.45) is 1.91. The second-order valence-corrected chi connectivity index (χ2v) is 4.99. The molecular formula is C12H18O8. The van der Waals surface area contributed by atoms with E-state index in [1.807, 2.05) is 0 Å². The van der Waals surface area contributed by atoms with Crippen molar-refractivity contribution in [3.63, 3.8) is 0 Å². The average Bonchev–Trinajstić information content (AvgIpc) is 2.62. The molecular weight excluding hydrogens is 272 g/mol. The SMILES string of the molecule is COC(=O)C1CCC(OC2(O)OC=C(O)C2(O)O)CC1. The van der Waals surface area contributed by atoms with Gasteiger partial charge in [0.05, 0.1) is 19.1 Å². The number of carbonyl (C=O) groups is 1. The number of aliphatic hydroxyl groups excluding tert-OH is 1. The molecule has 1 heterocycles. The Labute approximate surface area is 115 Å². The zero-order valence-electron chi connectivity index (χ0n) is 11.0. The molecule has 0 aromatic heterocycles. The van der Waals surface area contributed by atoms with Crippen LogP contribution in [0.5, 0.6) is 0 Å². The van der Waals surface area contributed by atoms with Crippen molar-refractivity contribution < 1.29 is 39.4 Å². The highest BCUT2D eigenvalue weighted by Gasteiger charge is 2.61. The molecule has 1 aliphatic heterocycles. The first kappa shape index (κ1) is 15.0. The van der Waals surface area contributed by atoms with Crippen molar-refractivity contribution in [2.24, 2.45) is 5.92 Å². The van der Waals surface area contributed by atoms with Gasteiger partial charge < -0.3 is 34.6 Å². The number of carbonyl (C=O) groups excluding carboxylic acids is 1. The third kappa shape index (κ3) is 2.47. The number of hydrogen-bond donors (Lipinski definition) is 4. The van der Waals surface area contributed by atoms with Crippen LogP contribution in [0, 0.1) is 5.92 Å². The lowest BCUT2D eigenvalue weighted by atomic mass is 9.87. The lowest BCUT2D eigenvalue weighted by molar-refractivity contribution is -0.448. The zero-order valence-corrected chi connectivity index (χ0v) is 11.0. The number of hydrogen-bond acceptors (Lipinski definition) is 8. The highest BCUT2D eigenvalue weighted by atomic mass is 16.9. The molecule has 2 aliphatic rings. The largest absolute Gasteiger partial charge is 0.504 e. The minimum absolute atomic E-state index is 0.224. The van der Waals surface area contributed by atoms with Crippen LogP contribution in [0.25, 0.3) is 0 Å². The van der Waals surface area contributed by atoms with Gasteiger partial charge in [-0.05, 0) is 25.7 Å². The molecule has 20 heavy (non-hydrogen) atoms. The van der Waals surface area contributed by atoms with Gasteiger partial charge in [-0.3, -0.25) is 4.79 Å². The molecule has 1 aliphatic carbocycles. The van der Waals surface area contributed by atoms with Gasteiger partial charge in [0.15, 0.2) is 5.76 Å². The van der Waals surface area contributed by atoms with Crippen molar-refractivity contribution in [3.8, 4) is 0 Å². The van der Waals surface area contributed by atoms with Crippen molar-refractivity contribution >= 4 is 5.97 Å². The molecule has 1 saturated carbocycles. The highest BCUT2D eigenvalue weighted by Crippen LogP contribution is 2.38. The van der Waals surface area contributed by atoms with Crippen LogP contribution in [0.1, 0.15) is 25.7 Å². The van der Waals surface area contributed by atoms with Crippen molar-refractivity contribution in [2.45, 2.75) is 43.5 Å². The third-order valence-corrected chi connectivity index (χ3v) is 3.66. The maximum atomic E-state index is 11.4. The fourth-order valence-electron chi connectivity index (χ4n) is 2.38. The summed E-state index contributed by atoms with van der Waals surface area (Å²) in [4.78, 5) is 11.4. The summed E-state index contributed by atoms with van der Waals surface area (Å²) in [5.41, 5.74) is 0. The zero-order chi connectivity index (χ0) is 15.0. The molecule has 0 aromatic carbocycles. The molecule has 0 aromatic rings. The van der Waals surface area contributed by atoms with Crippen molar-refractivity contribution in [3.05, 3.63) is 12.0 Å². The minimum atomic E-state index is -3.02. The first-order valence-electron chi connectivity index (χ1n) is 6.30. The molecule has 2 rings (SSSR count). The Bertz CT molecular complexity index is 410. The predicted octanol–water partition coefficient (Wildman–Crippen LogP) is -0.509. The first-order valence-corrected chi connectivity index (χ1v) is 6.30. The Kier molecular flexibility index (Phi) is 3.92. The van der Waals surface area contributed by atoms with E-state index >= 15 is 0 Å². The smallest absolute Gasteiger partial charge is 0.390 e. The second-order valence-electron chi connectivity index (χ2n) is 4.99. The van der Waals surface area contributed by atoms with Gasteiger partial charge in [-0.15, -0.1) is 0 Å². The fourth-order valence-corrected chi connectivity index (χ4v) is 2.38. The van der Waals surface area contributed by atoms with E-state index in [1.165, 1.54) is 7.11 Å². The van der Waals surface area contributed by atoms with E-state index in [0.717, 1.165) is 0 Å². The van der Waals surface area contributed by atoms with Crippen LogP contribution in [0.15, 0.2) is 12.0 Å². The van der Waals surface area contributed by atoms with Gasteiger partial charge in [-0.25, -0.2) is 0 Å². The van der Waals surface area contributed by atoms with Crippen LogP contribution in [0.2, 0.25) is 0 Å². The Morgan fingerprint density at radius 3 is 2.35 bits per heavy atom. The molecule has 0 amide bonds. The Morgan fingerprint density at radius 2 is 1.90 bits per heavy atom. The molecule has 8 nitrogen and oxygen atoms in total. The van der Waals surface area contributed by atoms with Crippen LogP contribution >= 0.6 is 0 Å². The normalized spacial score (nSPS) is 36.1. The highest BCUT2D eigenvalue weighted by molar-refractivity contribution is 5.72. The topological polar surface area (TPSA) is 126 Å². The minimum Gasteiger partial charge on any atom is -0.504 e. The molecule has 0 radical (unpaired) electrons. The Morgan fingerprint density at radius 1 is 1.30 bits per heavy atom. The number of aliphatic hydroxyl groups is 4. The van der Waals surface area contributed by atoms with E-state index in [1.54, 1.807) is 0 Å². The van der Waals surface area contributed by atoms with Gasteiger partial charge in [0.25, 0.3) is 0 Å². The second kappa shape index (κ2) is 5.21. The van der Waals surface area contributed by atoms with E-state index in [9.17, 15) is 25.2 Å². The van der Waals surface area contributed by atoms with Crippen LogP contribution in [-0.4, -0.2) is 51.4 Å². The molecule has 0 bridgehead atoms. The van der Waals surface area contributed by atoms with E-state index < -0.39 is 23.6 Å². The average molecular weight is 290 g/mol. The summed E-state index contributed by atoms with van der Waals surface area (Å²) in [5.74, 6) is -7.23. The number of ether oxygens (including phenoxy) is 3. The summed E-state index contributed by atoms with van der Waals surface area (Å²) in [7, 11) is 1.32. The summed E-state index contributed by atoms with van der Waals surface area (Å²) < 4.78 is 14.4. The Balaban J connectivity index is 1.92. The van der Waals surface area contributed by atoms with Crippen LogP contribution in [-0.2, 0) is 19.0 Å². The molecule has 1 unspecified atom stereocenters. The molecule has 4 N–H and O–H groups in total. The Hall–Kier alpha value is -1.35. The van der Waals surface area contributed by atoms with Gasteiger partial charge in [0, 0.05) is 0 Å². The molecule has 8 heteroatoms. The van der Waals surface area contributed by atoms with Gasteiger partial charge in [0.2, 0.25) is 0 Å². The molecule has 0 spiro atoms. The lowest BCUT2D eigenvalue weighted by Gasteiger charge is -2.36. The third-order valence-electron chi connectivity index (χ3n) is 3.66. The summed E-state index contributed by atoms with van der Waals surface area (Å²) in [6.45, 7) is 0. The van der Waals surface area contributed by atoms with Crippen LogP contribution < -0.4 is 0 Å². The van der Waals surface area contributed by atoms with Gasteiger partial charge in [-0.2, -0.15) is 0 Å². The number of rotatable bonds is 3. The molecule has 1 fully saturated rings. The van der Waals surface area contributed by atoms with E-state index in [2.05, 4.69) is 9.47 Å². The molecule has 0 saturated heterocycles. The van der Waals surface area contributed by atoms with Crippen LogP contribution in [0.3, 0.4) is 0 Å².